The molecule has 0 radical (unpaired) electrons. The van der Waals surface area contributed by atoms with E-state index >= 15 is 0 Å². The minimum absolute atomic E-state index is 0.0948. The molecule has 6 heteroatoms. The topological polar surface area (TPSA) is 78.9 Å². The van der Waals surface area contributed by atoms with Gasteiger partial charge in [-0.2, -0.15) is 0 Å². The summed E-state index contributed by atoms with van der Waals surface area (Å²) in [4.78, 5) is 38.2. The maximum absolute atomic E-state index is 12.9. The molecule has 0 aliphatic rings. The summed E-state index contributed by atoms with van der Waals surface area (Å²) in [6.07, 6.45) is 88.8. The smallest absolute Gasteiger partial charge is 0.306 e. The van der Waals surface area contributed by atoms with Crippen LogP contribution in [0.15, 0.2) is 134 Å². The van der Waals surface area contributed by atoms with Gasteiger partial charge in [0.15, 0.2) is 6.10 Å². The molecule has 0 bridgehead atoms. The van der Waals surface area contributed by atoms with Crippen molar-refractivity contribution in [3.8, 4) is 0 Å². The number of esters is 3. The molecule has 0 aliphatic heterocycles. The molecule has 0 amide bonds. The highest BCUT2D eigenvalue weighted by molar-refractivity contribution is 5.71. The van der Waals surface area contributed by atoms with E-state index in [4.69, 9.17) is 14.2 Å². The third-order valence-corrected chi connectivity index (χ3v) is 12.8. The van der Waals surface area contributed by atoms with Crippen LogP contribution < -0.4 is 0 Å². The largest absolute Gasteiger partial charge is 0.462 e. The molecule has 430 valence electrons. The Bertz CT molecular complexity index is 1630. The first-order valence-corrected chi connectivity index (χ1v) is 31.2. The molecule has 0 fully saturated rings. The van der Waals surface area contributed by atoms with Gasteiger partial charge in [0.2, 0.25) is 0 Å². The number of ether oxygens (including phenoxy) is 3. The Morgan fingerprint density at radius 3 is 0.868 bits per heavy atom. The molecule has 0 saturated carbocycles. The van der Waals surface area contributed by atoms with Gasteiger partial charge >= 0.3 is 17.9 Å². The van der Waals surface area contributed by atoms with E-state index in [1.54, 1.807) is 0 Å². The zero-order valence-corrected chi connectivity index (χ0v) is 49.2. The van der Waals surface area contributed by atoms with Crippen molar-refractivity contribution in [1.29, 1.82) is 0 Å². The summed E-state index contributed by atoms with van der Waals surface area (Å²) in [6, 6.07) is 0. The minimum atomic E-state index is -0.798. The first kappa shape index (κ1) is 71.5. The average molecular weight is 1050 g/mol. The summed E-state index contributed by atoms with van der Waals surface area (Å²) in [5.74, 6) is -0.930. The van der Waals surface area contributed by atoms with E-state index < -0.39 is 6.10 Å². The molecule has 0 spiro atoms. The molecule has 1 unspecified atom stereocenters. The quantitative estimate of drug-likeness (QED) is 0.0261. The number of rotatable bonds is 55. The van der Waals surface area contributed by atoms with Gasteiger partial charge in [-0.05, 0) is 135 Å². The lowest BCUT2D eigenvalue weighted by molar-refractivity contribution is -0.167. The van der Waals surface area contributed by atoms with E-state index in [-0.39, 0.29) is 31.1 Å². The van der Waals surface area contributed by atoms with Crippen molar-refractivity contribution in [2.45, 2.75) is 277 Å². The zero-order chi connectivity index (χ0) is 55.0. The molecule has 0 N–H and O–H groups in total. The van der Waals surface area contributed by atoms with Crippen LogP contribution in [0.25, 0.3) is 0 Å². The second-order valence-corrected chi connectivity index (χ2v) is 20.2. The Hall–Kier alpha value is -4.45. The Labute approximate surface area is 468 Å². The van der Waals surface area contributed by atoms with Crippen LogP contribution in [0.3, 0.4) is 0 Å². The lowest BCUT2D eigenvalue weighted by atomic mass is 10.1. The van der Waals surface area contributed by atoms with Crippen LogP contribution in [0.1, 0.15) is 271 Å². The van der Waals surface area contributed by atoms with Crippen molar-refractivity contribution >= 4 is 17.9 Å². The summed E-state index contributed by atoms with van der Waals surface area (Å²) in [5, 5.41) is 0. The standard InChI is InChI=1S/C70H114O6/c1-4-7-10-13-16-19-22-24-26-28-30-31-32-33-34-35-36-37-38-39-41-42-44-46-48-51-54-57-60-63-69(72)75-66-67(65-74-68(71)62-59-56-53-50-21-18-15-12-9-6-3)76-70(73)64-61-58-55-52-49-47-45-43-40-29-27-25-23-20-17-14-11-8-5-2/h7,10,12,15-17,19-20,24-27,30-31,33-34,36-37,39-41,43,67H,4-6,8-9,11,13-14,18,21-23,28-29,32,35,38,42,44-66H2,1-3H3/b10-7-,15-12-,19-16-,20-17-,26-24-,27-25-,31-30-,34-33-,37-36-,41-39-,43-40-. The Kier molecular flexibility index (Phi) is 59.4. The summed E-state index contributed by atoms with van der Waals surface area (Å²) in [5.41, 5.74) is 0. The third-order valence-electron chi connectivity index (χ3n) is 12.8. The highest BCUT2D eigenvalue weighted by Crippen LogP contribution is 2.14. The molecule has 0 aromatic heterocycles. The molecule has 0 aromatic carbocycles. The van der Waals surface area contributed by atoms with Gasteiger partial charge in [-0.15, -0.1) is 0 Å². The zero-order valence-electron chi connectivity index (χ0n) is 49.2. The molecule has 0 aliphatic carbocycles. The number of unbranched alkanes of at least 4 members (excludes halogenated alkanes) is 22. The van der Waals surface area contributed by atoms with E-state index in [0.717, 1.165) is 154 Å². The predicted octanol–water partition coefficient (Wildman–Crippen LogP) is 21.4. The fourth-order valence-electron chi connectivity index (χ4n) is 8.20. The molecule has 6 nitrogen and oxygen atoms in total. The van der Waals surface area contributed by atoms with Gasteiger partial charge in [0.05, 0.1) is 0 Å². The van der Waals surface area contributed by atoms with Crippen LogP contribution >= 0.6 is 0 Å². The monoisotopic (exact) mass is 1050 g/mol. The second-order valence-electron chi connectivity index (χ2n) is 20.2. The van der Waals surface area contributed by atoms with Crippen LogP contribution in [0.5, 0.6) is 0 Å². The van der Waals surface area contributed by atoms with Crippen molar-refractivity contribution in [3.63, 3.8) is 0 Å². The maximum atomic E-state index is 12.9. The number of carbonyl (C=O) groups excluding carboxylic acids is 3. The third kappa shape index (κ3) is 60.4. The van der Waals surface area contributed by atoms with Gasteiger partial charge in [-0.1, -0.05) is 251 Å². The average Bonchev–Trinajstić information content (AvgIpc) is 3.42. The first-order valence-electron chi connectivity index (χ1n) is 31.2. The highest BCUT2D eigenvalue weighted by Gasteiger charge is 2.19. The lowest BCUT2D eigenvalue weighted by Crippen LogP contribution is -2.30. The molecule has 0 saturated heterocycles. The van der Waals surface area contributed by atoms with Gasteiger partial charge in [0, 0.05) is 19.3 Å². The van der Waals surface area contributed by atoms with Crippen molar-refractivity contribution in [2.24, 2.45) is 0 Å². The van der Waals surface area contributed by atoms with E-state index in [9.17, 15) is 14.4 Å². The van der Waals surface area contributed by atoms with E-state index in [1.807, 2.05) is 0 Å². The molecule has 1 atom stereocenters. The number of allylic oxidation sites excluding steroid dienone is 22. The first-order chi connectivity index (χ1) is 37.5. The number of hydrogen-bond donors (Lipinski definition) is 0. The van der Waals surface area contributed by atoms with Crippen LogP contribution in [0, 0.1) is 0 Å². The van der Waals surface area contributed by atoms with Crippen molar-refractivity contribution in [1.82, 2.24) is 0 Å². The molecule has 76 heavy (non-hydrogen) atoms. The Balaban J connectivity index is 4.32. The van der Waals surface area contributed by atoms with Gasteiger partial charge < -0.3 is 14.2 Å². The minimum Gasteiger partial charge on any atom is -0.462 e. The van der Waals surface area contributed by atoms with E-state index in [1.165, 1.54) is 77.0 Å². The maximum Gasteiger partial charge on any atom is 0.306 e. The SMILES string of the molecule is CC/C=C\C/C=C\C/C=C\C/C=C\C/C=C\C/C=C\C/C=C\CCCCCCCCCC(=O)OCC(COC(=O)CCCCCCC/C=C\CCC)OC(=O)CCCCCCCC/C=C\C/C=C\C/C=C\CCCCC. The Morgan fingerprint density at radius 1 is 0.276 bits per heavy atom. The number of carbonyl (C=O) groups is 3. The number of hydrogen-bond acceptors (Lipinski definition) is 6. The summed E-state index contributed by atoms with van der Waals surface area (Å²) in [7, 11) is 0. The summed E-state index contributed by atoms with van der Waals surface area (Å²) in [6.45, 7) is 6.41. The van der Waals surface area contributed by atoms with Gasteiger partial charge in [-0.25, -0.2) is 0 Å². The van der Waals surface area contributed by atoms with Crippen molar-refractivity contribution < 1.29 is 28.6 Å². The Morgan fingerprint density at radius 2 is 0.539 bits per heavy atom. The summed E-state index contributed by atoms with van der Waals surface area (Å²) < 4.78 is 16.8. The highest BCUT2D eigenvalue weighted by atomic mass is 16.6. The fourth-order valence-corrected chi connectivity index (χ4v) is 8.20. The van der Waals surface area contributed by atoms with Crippen molar-refractivity contribution in [3.05, 3.63) is 134 Å². The van der Waals surface area contributed by atoms with Gasteiger partial charge in [0.25, 0.3) is 0 Å². The fraction of sp³-hybridized carbons (Fsp3) is 0.643. The molecular formula is C70H114O6. The molecular weight excluding hydrogens is 937 g/mol. The van der Waals surface area contributed by atoms with E-state index in [0.29, 0.717) is 19.3 Å². The normalized spacial score (nSPS) is 13.0. The molecule has 0 heterocycles. The predicted molar refractivity (Wildman–Crippen MR) is 329 cm³/mol. The molecule has 0 aromatic rings. The second kappa shape index (κ2) is 63.1. The molecule has 0 rings (SSSR count). The van der Waals surface area contributed by atoms with Crippen LogP contribution in [-0.2, 0) is 28.6 Å². The van der Waals surface area contributed by atoms with Crippen LogP contribution in [0.2, 0.25) is 0 Å². The summed E-state index contributed by atoms with van der Waals surface area (Å²) >= 11 is 0. The van der Waals surface area contributed by atoms with E-state index in [2.05, 4.69) is 154 Å². The van der Waals surface area contributed by atoms with Gasteiger partial charge in [-0.3, -0.25) is 14.4 Å². The van der Waals surface area contributed by atoms with Crippen LogP contribution in [0.4, 0.5) is 0 Å². The van der Waals surface area contributed by atoms with Crippen LogP contribution in [-0.4, -0.2) is 37.2 Å². The van der Waals surface area contributed by atoms with Gasteiger partial charge in [0.1, 0.15) is 13.2 Å². The lowest BCUT2D eigenvalue weighted by Gasteiger charge is -2.18. The van der Waals surface area contributed by atoms with Crippen molar-refractivity contribution in [2.75, 3.05) is 13.2 Å².